The van der Waals surface area contributed by atoms with E-state index in [0.29, 0.717) is 11.3 Å². The zero-order valence-electron chi connectivity index (χ0n) is 13.9. The van der Waals surface area contributed by atoms with Crippen LogP contribution in [-0.2, 0) is 0 Å². The van der Waals surface area contributed by atoms with Crippen LogP contribution in [0.15, 0.2) is 0 Å². The lowest BCUT2D eigenvalue weighted by atomic mass is 9.98. The van der Waals surface area contributed by atoms with E-state index in [-0.39, 0.29) is 0 Å². The molecule has 0 radical (unpaired) electrons. The van der Waals surface area contributed by atoms with Crippen LogP contribution < -0.4 is 0 Å². The van der Waals surface area contributed by atoms with E-state index >= 15 is 0 Å². The predicted octanol–water partition coefficient (Wildman–Crippen LogP) is 5.86. The van der Waals surface area contributed by atoms with Crippen molar-refractivity contribution in [2.75, 3.05) is 19.6 Å². The fourth-order valence-electron chi connectivity index (χ4n) is 3.11. The highest BCUT2D eigenvalue weighted by molar-refractivity contribution is 6.21. The molecular weight excluding hydrogens is 266 g/mol. The van der Waals surface area contributed by atoms with E-state index in [1.807, 2.05) is 0 Å². The van der Waals surface area contributed by atoms with Crippen LogP contribution in [0, 0.1) is 5.92 Å². The summed E-state index contributed by atoms with van der Waals surface area (Å²) >= 11 is 6.35. The first-order valence-corrected chi connectivity index (χ1v) is 9.54. The van der Waals surface area contributed by atoms with E-state index in [1.165, 1.54) is 83.7 Å². The van der Waals surface area contributed by atoms with Crippen molar-refractivity contribution in [3.8, 4) is 0 Å². The Morgan fingerprint density at radius 1 is 0.900 bits per heavy atom. The smallest absolute Gasteiger partial charge is 0.0489 e. The normalized spacial score (nSPS) is 24.1. The van der Waals surface area contributed by atoms with Crippen molar-refractivity contribution in [3.05, 3.63) is 0 Å². The Hall–Kier alpha value is 0.250. The molecule has 0 aromatic heterocycles. The van der Waals surface area contributed by atoms with E-state index in [0.717, 1.165) is 6.54 Å². The van der Waals surface area contributed by atoms with Crippen molar-refractivity contribution < 1.29 is 0 Å². The zero-order chi connectivity index (χ0) is 14.6. The second-order valence-corrected chi connectivity index (χ2v) is 7.33. The minimum absolute atomic E-state index is 0.381. The SMILES string of the molecule is CCCCCCCCCCCCN1CCC(C)C(Cl)C1. The standard InChI is InChI=1S/C18H36ClN/c1-3-4-5-6-7-8-9-10-11-12-14-20-15-13-17(2)18(19)16-20/h17-18H,3-16H2,1-2H3. The Balaban J connectivity index is 1.83. The van der Waals surface area contributed by atoms with Crippen molar-refractivity contribution in [1.29, 1.82) is 0 Å². The minimum atomic E-state index is 0.381. The van der Waals surface area contributed by atoms with E-state index in [4.69, 9.17) is 11.6 Å². The van der Waals surface area contributed by atoms with E-state index < -0.39 is 0 Å². The molecule has 1 nitrogen and oxygen atoms in total. The summed E-state index contributed by atoms with van der Waals surface area (Å²) in [7, 11) is 0. The van der Waals surface area contributed by atoms with Gasteiger partial charge in [0.05, 0.1) is 0 Å². The molecule has 1 aliphatic heterocycles. The van der Waals surface area contributed by atoms with Crippen LogP contribution >= 0.6 is 11.6 Å². The summed E-state index contributed by atoms with van der Waals surface area (Å²) in [5.41, 5.74) is 0. The van der Waals surface area contributed by atoms with Gasteiger partial charge in [-0.25, -0.2) is 0 Å². The second kappa shape index (κ2) is 11.9. The number of rotatable bonds is 11. The molecule has 20 heavy (non-hydrogen) atoms. The molecule has 0 aromatic carbocycles. The van der Waals surface area contributed by atoms with Crippen molar-refractivity contribution in [2.24, 2.45) is 5.92 Å². The maximum atomic E-state index is 6.35. The largest absolute Gasteiger partial charge is 0.302 e. The van der Waals surface area contributed by atoms with Crippen LogP contribution in [-0.4, -0.2) is 29.9 Å². The fraction of sp³-hybridized carbons (Fsp3) is 1.00. The fourth-order valence-corrected chi connectivity index (χ4v) is 3.43. The number of unbranched alkanes of at least 4 members (excludes halogenated alkanes) is 9. The first-order chi connectivity index (χ1) is 9.74. The van der Waals surface area contributed by atoms with Gasteiger partial charge in [0, 0.05) is 11.9 Å². The highest BCUT2D eigenvalue weighted by atomic mass is 35.5. The number of likely N-dealkylation sites (tertiary alicyclic amines) is 1. The number of hydrogen-bond acceptors (Lipinski definition) is 1. The number of piperidine rings is 1. The molecule has 1 aliphatic rings. The topological polar surface area (TPSA) is 3.24 Å². The molecule has 2 atom stereocenters. The molecule has 1 fully saturated rings. The van der Waals surface area contributed by atoms with Gasteiger partial charge in [-0.05, 0) is 31.8 Å². The average molecular weight is 302 g/mol. The van der Waals surface area contributed by atoms with Crippen molar-refractivity contribution in [1.82, 2.24) is 4.90 Å². The monoisotopic (exact) mass is 301 g/mol. The molecule has 0 aromatic rings. The zero-order valence-corrected chi connectivity index (χ0v) is 14.6. The Bertz CT molecular complexity index is 219. The number of hydrogen-bond donors (Lipinski definition) is 0. The van der Waals surface area contributed by atoms with Crippen LogP contribution in [0.1, 0.15) is 84.5 Å². The van der Waals surface area contributed by atoms with Crippen molar-refractivity contribution in [2.45, 2.75) is 89.9 Å². The van der Waals surface area contributed by atoms with Crippen molar-refractivity contribution >= 4 is 11.6 Å². The predicted molar refractivity (Wildman–Crippen MR) is 91.7 cm³/mol. The van der Waals surface area contributed by atoms with Crippen LogP contribution in [0.3, 0.4) is 0 Å². The summed E-state index contributed by atoms with van der Waals surface area (Å²) in [5, 5.41) is 0.381. The van der Waals surface area contributed by atoms with Crippen LogP contribution in [0.4, 0.5) is 0 Å². The Morgan fingerprint density at radius 3 is 2.00 bits per heavy atom. The van der Waals surface area contributed by atoms with Crippen LogP contribution in [0.5, 0.6) is 0 Å². The Kier molecular flexibility index (Phi) is 10.9. The molecule has 0 bridgehead atoms. The first kappa shape index (κ1) is 18.3. The third kappa shape index (κ3) is 8.52. The molecule has 1 saturated heterocycles. The quantitative estimate of drug-likeness (QED) is 0.341. The average Bonchev–Trinajstić information content (AvgIpc) is 2.45. The van der Waals surface area contributed by atoms with Gasteiger partial charge in [-0.3, -0.25) is 0 Å². The molecule has 1 heterocycles. The first-order valence-electron chi connectivity index (χ1n) is 9.10. The highest BCUT2D eigenvalue weighted by Crippen LogP contribution is 2.22. The number of nitrogens with zero attached hydrogens (tertiary/aromatic N) is 1. The Morgan fingerprint density at radius 2 is 1.45 bits per heavy atom. The maximum Gasteiger partial charge on any atom is 0.0489 e. The summed E-state index contributed by atoms with van der Waals surface area (Å²) in [5.74, 6) is 0.709. The second-order valence-electron chi connectivity index (χ2n) is 6.76. The van der Waals surface area contributed by atoms with Crippen LogP contribution in [0.2, 0.25) is 0 Å². The maximum absolute atomic E-state index is 6.35. The van der Waals surface area contributed by atoms with Gasteiger partial charge >= 0.3 is 0 Å². The molecule has 120 valence electrons. The van der Waals surface area contributed by atoms with Gasteiger partial charge in [-0.15, -0.1) is 11.6 Å². The lowest BCUT2D eigenvalue weighted by molar-refractivity contribution is 0.193. The summed E-state index contributed by atoms with van der Waals surface area (Å²) < 4.78 is 0. The molecule has 0 amide bonds. The third-order valence-electron chi connectivity index (χ3n) is 4.78. The molecule has 2 heteroatoms. The molecule has 0 spiro atoms. The van der Waals surface area contributed by atoms with Gasteiger partial charge < -0.3 is 4.90 Å². The minimum Gasteiger partial charge on any atom is -0.302 e. The highest BCUT2D eigenvalue weighted by Gasteiger charge is 2.23. The third-order valence-corrected chi connectivity index (χ3v) is 5.35. The molecule has 0 aliphatic carbocycles. The van der Waals surface area contributed by atoms with Gasteiger partial charge in [0.2, 0.25) is 0 Å². The van der Waals surface area contributed by atoms with E-state index in [9.17, 15) is 0 Å². The molecule has 2 unspecified atom stereocenters. The molecule has 0 N–H and O–H groups in total. The van der Waals surface area contributed by atoms with Gasteiger partial charge in [-0.2, -0.15) is 0 Å². The van der Waals surface area contributed by atoms with Crippen molar-refractivity contribution in [3.63, 3.8) is 0 Å². The summed E-state index contributed by atoms with van der Waals surface area (Å²) in [4.78, 5) is 2.57. The lowest BCUT2D eigenvalue weighted by Crippen LogP contribution is -2.40. The molecular formula is C18H36ClN. The van der Waals surface area contributed by atoms with Gasteiger partial charge in [0.15, 0.2) is 0 Å². The van der Waals surface area contributed by atoms with E-state index in [1.54, 1.807) is 0 Å². The van der Waals surface area contributed by atoms with Gasteiger partial charge in [0.1, 0.15) is 0 Å². The molecule has 1 rings (SSSR count). The Labute approximate surface area is 132 Å². The summed E-state index contributed by atoms with van der Waals surface area (Å²) in [6.45, 7) is 8.22. The summed E-state index contributed by atoms with van der Waals surface area (Å²) in [6, 6.07) is 0. The van der Waals surface area contributed by atoms with E-state index in [2.05, 4.69) is 18.7 Å². The van der Waals surface area contributed by atoms with Gasteiger partial charge in [0.25, 0.3) is 0 Å². The van der Waals surface area contributed by atoms with Gasteiger partial charge in [-0.1, -0.05) is 71.6 Å². The number of alkyl halides is 1. The number of halogens is 1. The lowest BCUT2D eigenvalue weighted by Gasteiger charge is -2.33. The molecule has 0 saturated carbocycles. The summed E-state index contributed by atoms with van der Waals surface area (Å²) in [6.07, 6.45) is 15.5. The van der Waals surface area contributed by atoms with Crippen LogP contribution in [0.25, 0.3) is 0 Å².